The van der Waals surface area contributed by atoms with Crippen LogP contribution >= 0.6 is 15.9 Å². The van der Waals surface area contributed by atoms with E-state index in [1.54, 1.807) is 0 Å². The predicted molar refractivity (Wildman–Crippen MR) is 69.7 cm³/mol. The minimum absolute atomic E-state index is 0.0940. The zero-order valence-corrected chi connectivity index (χ0v) is 11.5. The van der Waals surface area contributed by atoms with Gasteiger partial charge in [-0.3, -0.25) is 9.59 Å². The van der Waals surface area contributed by atoms with Crippen LogP contribution in [0, 0.1) is 5.82 Å². The molecule has 2 N–H and O–H groups in total. The Labute approximate surface area is 113 Å². The van der Waals surface area contributed by atoms with E-state index in [1.165, 1.54) is 18.2 Å². The quantitative estimate of drug-likeness (QED) is 0.871. The van der Waals surface area contributed by atoms with E-state index in [0.717, 1.165) is 6.42 Å². The first-order chi connectivity index (χ1) is 8.56. The Hall–Kier alpha value is -1.43. The van der Waals surface area contributed by atoms with Gasteiger partial charge in [0.25, 0.3) is 5.91 Å². The summed E-state index contributed by atoms with van der Waals surface area (Å²) in [5, 5.41) is 5.05. The van der Waals surface area contributed by atoms with Gasteiger partial charge < -0.3 is 10.6 Å². The van der Waals surface area contributed by atoms with Gasteiger partial charge in [-0.1, -0.05) is 13.0 Å². The molecule has 0 spiro atoms. The van der Waals surface area contributed by atoms with E-state index in [9.17, 15) is 14.0 Å². The summed E-state index contributed by atoms with van der Waals surface area (Å²) in [6.07, 6.45) is 0.829. The van der Waals surface area contributed by atoms with Gasteiger partial charge in [0, 0.05) is 6.54 Å². The first-order valence-electron chi connectivity index (χ1n) is 5.55. The molecule has 0 saturated heterocycles. The van der Waals surface area contributed by atoms with Crippen molar-refractivity contribution in [1.29, 1.82) is 0 Å². The van der Waals surface area contributed by atoms with E-state index in [0.29, 0.717) is 6.54 Å². The van der Waals surface area contributed by atoms with E-state index in [4.69, 9.17) is 0 Å². The van der Waals surface area contributed by atoms with Gasteiger partial charge in [0.05, 0.1) is 16.6 Å². The molecule has 1 aromatic carbocycles. The summed E-state index contributed by atoms with van der Waals surface area (Å²) in [7, 11) is 0. The van der Waals surface area contributed by atoms with Crippen molar-refractivity contribution >= 4 is 27.7 Å². The first-order valence-corrected chi connectivity index (χ1v) is 6.34. The van der Waals surface area contributed by atoms with Gasteiger partial charge in [-0.05, 0) is 34.5 Å². The highest BCUT2D eigenvalue weighted by Gasteiger charge is 2.13. The van der Waals surface area contributed by atoms with Gasteiger partial charge in [-0.2, -0.15) is 0 Å². The Bertz CT molecular complexity index is 452. The second kappa shape index (κ2) is 7.10. The second-order valence-electron chi connectivity index (χ2n) is 3.63. The van der Waals surface area contributed by atoms with Crippen LogP contribution in [0.4, 0.5) is 4.39 Å². The topological polar surface area (TPSA) is 58.2 Å². The molecule has 0 heterocycles. The van der Waals surface area contributed by atoms with Crippen molar-refractivity contribution in [1.82, 2.24) is 10.6 Å². The summed E-state index contributed by atoms with van der Waals surface area (Å²) in [6.45, 7) is 2.38. The molecule has 2 amide bonds. The van der Waals surface area contributed by atoms with Crippen LogP contribution in [-0.4, -0.2) is 24.9 Å². The van der Waals surface area contributed by atoms with Crippen molar-refractivity contribution in [3.63, 3.8) is 0 Å². The second-order valence-corrected chi connectivity index (χ2v) is 4.43. The lowest BCUT2D eigenvalue weighted by atomic mass is 10.2. The van der Waals surface area contributed by atoms with Gasteiger partial charge in [0.1, 0.15) is 5.82 Å². The molecule has 1 aromatic rings. The van der Waals surface area contributed by atoms with Crippen molar-refractivity contribution < 1.29 is 14.0 Å². The molecule has 0 fully saturated rings. The molecule has 0 atom stereocenters. The number of rotatable bonds is 5. The van der Waals surface area contributed by atoms with Crippen molar-refractivity contribution in [2.24, 2.45) is 0 Å². The molecule has 0 aromatic heterocycles. The van der Waals surface area contributed by atoms with Crippen LogP contribution in [-0.2, 0) is 4.79 Å². The van der Waals surface area contributed by atoms with Crippen LogP contribution < -0.4 is 10.6 Å². The van der Waals surface area contributed by atoms with Crippen molar-refractivity contribution in [2.75, 3.05) is 13.1 Å². The Morgan fingerprint density at radius 3 is 2.72 bits per heavy atom. The molecule has 0 aliphatic heterocycles. The Morgan fingerprint density at radius 2 is 2.06 bits per heavy atom. The minimum atomic E-state index is -0.516. The molecule has 0 aliphatic carbocycles. The van der Waals surface area contributed by atoms with E-state index in [1.807, 2.05) is 6.92 Å². The fourth-order valence-electron chi connectivity index (χ4n) is 1.26. The van der Waals surface area contributed by atoms with E-state index < -0.39 is 11.7 Å². The van der Waals surface area contributed by atoms with Crippen molar-refractivity contribution in [3.05, 3.63) is 34.1 Å². The van der Waals surface area contributed by atoms with Crippen LogP contribution in [0.15, 0.2) is 22.7 Å². The summed E-state index contributed by atoms with van der Waals surface area (Å²) in [5.74, 6) is -1.27. The highest BCUT2D eigenvalue weighted by atomic mass is 79.9. The highest BCUT2D eigenvalue weighted by Crippen LogP contribution is 2.19. The van der Waals surface area contributed by atoms with Crippen molar-refractivity contribution in [3.8, 4) is 0 Å². The molecule has 1 rings (SSSR count). The molecular weight excluding hydrogens is 303 g/mol. The molecule has 98 valence electrons. The Morgan fingerprint density at radius 1 is 1.33 bits per heavy atom. The zero-order valence-electron chi connectivity index (χ0n) is 9.93. The third-order valence-electron chi connectivity index (χ3n) is 2.18. The predicted octanol–water partition coefficient (Wildman–Crippen LogP) is 1.84. The summed E-state index contributed by atoms with van der Waals surface area (Å²) in [4.78, 5) is 23.0. The summed E-state index contributed by atoms with van der Waals surface area (Å²) >= 11 is 2.99. The van der Waals surface area contributed by atoms with Crippen molar-refractivity contribution in [2.45, 2.75) is 13.3 Å². The summed E-state index contributed by atoms with van der Waals surface area (Å²) in [6, 6.07) is 4.16. The standard InChI is InChI=1S/C12H14BrFN2O2/c1-2-6-15-10(17)7-16-12(18)8-4-3-5-9(14)11(8)13/h3-5H,2,6-7H2,1H3,(H,15,17)(H,16,18). The van der Waals surface area contributed by atoms with Crippen LogP contribution in [0.3, 0.4) is 0 Å². The normalized spacial score (nSPS) is 9.94. The largest absolute Gasteiger partial charge is 0.355 e. The lowest BCUT2D eigenvalue weighted by molar-refractivity contribution is -0.120. The van der Waals surface area contributed by atoms with Gasteiger partial charge in [-0.25, -0.2) is 4.39 Å². The van der Waals surface area contributed by atoms with Crippen LogP contribution in [0.5, 0.6) is 0 Å². The molecule has 0 unspecified atom stereocenters. The zero-order chi connectivity index (χ0) is 13.5. The molecule has 6 heteroatoms. The maximum Gasteiger partial charge on any atom is 0.252 e. The van der Waals surface area contributed by atoms with Gasteiger partial charge >= 0.3 is 0 Å². The lowest BCUT2D eigenvalue weighted by Crippen LogP contribution is -2.37. The number of hydrogen-bond acceptors (Lipinski definition) is 2. The fraction of sp³-hybridized carbons (Fsp3) is 0.333. The third-order valence-corrected chi connectivity index (χ3v) is 2.98. The minimum Gasteiger partial charge on any atom is -0.355 e. The van der Waals surface area contributed by atoms with E-state index in [2.05, 4.69) is 26.6 Å². The number of carbonyl (C=O) groups is 2. The van der Waals surface area contributed by atoms with Crippen LogP contribution in [0.25, 0.3) is 0 Å². The SMILES string of the molecule is CCCNC(=O)CNC(=O)c1cccc(F)c1Br. The summed E-state index contributed by atoms with van der Waals surface area (Å²) in [5.41, 5.74) is 0.165. The Balaban J connectivity index is 2.55. The molecule has 18 heavy (non-hydrogen) atoms. The smallest absolute Gasteiger partial charge is 0.252 e. The van der Waals surface area contributed by atoms with Gasteiger partial charge in [0.15, 0.2) is 0 Å². The average molecular weight is 317 g/mol. The highest BCUT2D eigenvalue weighted by molar-refractivity contribution is 9.10. The molecule has 4 nitrogen and oxygen atoms in total. The molecular formula is C12H14BrFN2O2. The fourth-order valence-corrected chi connectivity index (χ4v) is 1.71. The molecule has 0 aliphatic rings. The number of amides is 2. The average Bonchev–Trinajstić information content (AvgIpc) is 2.36. The maximum absolute atomic E-state index is 13.2. The number of benzene rings is 1. The number of carbonyl (C=O) groups excluding carboxylic acids is 2. The monoisotopic (exact) mass is 316 g/mol. The van der Waals surface area contributed by atoms with Gasteiger partial charge in [0.2, 0.25) is 5.91 Å². The molecule has 0 bridgehead atoms. The van der Waals surface area contributed by atoms with Crippen LogP contribution in [0.2, 0.25) is 0 Å². The van der Waals surface area contributed by atoms with E-state index in [-0.39, 0.29) is 22.5 Å². The third kappa shape index (κ3) is 4.10. The number of hydrogen-bond donors (Lipinski definition) is 2. The summed E-state index contributed by atoms with van der Waals surface area (Å²) < 4.78 is 13.3. The first kappa shape index (κ1) is 14.6. The maximum atomic E-state index is 13.2. The van der Waals surface area contributed by atoms with E-state index >= 15 is 0 Å². The molecule has 0 saturated carbocycles. The number of nitrogens with one attached hydrogen (secondary N) is 2. The Kier molecular flexibility index (Phi) is 5.77. The van der Waals surface area contributed by atoms with Gasteiger partial charge in [-0.15, -0.1) is 0 Å². The van der Waals surface area contributed by atoms with Crippen LogP contribution in [0.1, 0.15) is 23.7 Å². The number of halogens is 2. The molecule has 0 radical (unpaired) electrons. The lowest BCUT2D eigenvalue weighted by Gasteiger charge is -2.07.